The molecule has 1 nitrogen and oxygen atoms in total. The quantitative estimate of drug-likeness (QED) is 0.189. The highest BCUT2D eigenvalue weighted by Gasteiger charge is 2.21. The Bertz CT molecular complexity index is 2270. The second kappa shape index (κ2) is 10.1. The van der Waals surface area contributed by atoms with E-state index in [0.717, 1.165) is 0 Å². The minimum absolute atomic E-state index is 0.479. The van der Waals surface area contributed by atoms with Crippen molar-refractivity contribution >= 4 is 59.6 Å². The van der Waals surface area contributed by atoms with Gasteiger partial charge in [-0.2, -0.15) is 0 Å². The van der Waals surface area contributed by atoms with Crippen LogP contribution >= 0.6 is 0 Å². The second-order valence-corrected chi connectivity index (χ2v) is 14.7. The van der Waals surface area contributed by atoms with Crippen LogP contribution in [0.1, 0.15) is 101 Å². The lowest BCUT2D eigenvalue weighted by Crippen LogP contribution is -1.95. The van der Waals surface area contributed by atoms with E-state index >= 15 is 0 Å². The number of hydrogen-bond donors (Lipinski definition) is 0. The van der Waals surface area contributed by atoms with E-state index in [-0.39, 0.29) is 0 Å². The number of nitrogens with zero attached hydrogens (tertiary/aromatic N) is 1. The van der Waals surface area contributed by atoms with Gasteiger partial charge in [-0.3, -0.25) is 0 Å². The summed E-state index contributed by atoms with van der Waals surface area (Å²) in [6.45, 7) is 18.4. The van der Waals surface area contributed by atoms with Gasteiger partial charge in [-0.25, -0.2) is 0 Å². The van der Waals surface area contributed by atoms with Crippen molar-refractivity contribution in [2.75, 3.05) is 0 Å². The maximum atomic E-state index is 2.55. The van der Waals surface area contributed by atoms with Gasteiger partial charge in [0.25, 0.3) is 0 Å². The summed E-state index contributed by atoms with van der Waals surface area (Å²) in [6.07, 6.45) is 0. The van der Waals surface area contributed by atoms with E-state index in [1.54, 1.807) is 0 Å². The molecule has 45 heavy (non-hydrogen) atoms. The SMILES string of the molecule is CC(C)c1cc(-c2cc3c4cc5cc(C(C)C)ccc5cc4n4c5cc6ccc(C(C)C)cc6cc5c(c2)c34)cc(C(C)C)c1. The normalized spacial score (nSPS) is 12.8. The van der Waals surface area contributed by atoms with Gasteiger partial charge in [0.1, 0.15) is 0 Å². The van der Waals surface area contributed by atoms with Crippen LogP contribution in [0, 0.1) is 0 Å². The fourth-order valence-electron chi connectivity index (χ4n) is 7.46. The van der Waals surface area contributed by atoms with Gasteiger partial charge in [-0.1, -0.05) is 110 Å². The largest absolute Gasteiger partial charge is 0.308 e. The molecule has 8 aromatic rings. The molecule has 0 saturated heterocycles. The molecule has 8 rings (SSSR count). The third-order valence-corrected chi connectivity index (χ3v) is 10.3. The minimum Gasteiger partial charge on any atom is -0.308 e. The first-order chi connectivity index (χ1) is 21.6. The van der Waals surface area contributed by atoms with Crippen LogP contribution in [0.25, 0.3) is 70.8 Å². The van der Waals surface area contributed by atoms with Crippen molar-refractivity contribution in [1.82, 2.24) is 4.40 Å². The first-order valence-corrected chi connectivity index (χ1v) is 16.9. The Morgan fingerprint density at radius 1 is 0.356 bits per heavy atom. The molecule has 2 aromatic heterocycles. The van der Waals surface area contributed by atoms with Gasteiger partial charge in [-0.05, 0) is 115 Å². The van der Waals surface area contributed by atoms with Crippen LogP contribution in [0.5, 0.6) is 0 Å². The van der Waals surface area contributed by atoms with E-state index < -0.39 is 0 Å². The molecule has 0 amide bonds. The van der Waals surface area contributed by atoms with Gasteiger partial charge < -0.3 is 4.40 Å². The lowest BCUT2D eigenvalue weighted by atomic mass is 9.90. The maximum Gasteiger partial charge on any atom is 0.0620 e. The summed E-state index contributed by atoms with van der Waals surface area (Å²) in [4.78, 5) is 0. The smallest absolute Gasteiger partial charge is 0.0620 e. The van der Waals surface area contributed by atoms with Crippen LogP contribution in [0.15, 0.2) is 91.0 Å². The molecule has 0 atom stereocenters. The van der Waals surface area contributed by atoms with Crippen molar-refractivity contribution in [3.63, 3.8) is 0 Å². The van der Waals surface area contributed by atoms with Crippen molar-refractivity contribution in [2.45, 2.75) is 79.1 Å². The monoisotopic (exact) mass is 585 g/mol. The molecule has 0 aliphatic carbocycles. The summed E-state index contributed by atoms with van der Waals surface area (Å²) in [5.41, 5.74) is 12.2. The molecule has 0 aliphatic heterocycles. The molecule has 6 aromatic carbocycles. The van der Waals surface area contributed by atoms with E-state index in [9.17, 15) is 0 Å². The summed E-state index contributed by atoms with van der Waals surface area (Å²) in [6, 6.07) is 36.0. The summed E-state index contributed by atoms with van der Waals surface area (Å²) in [5.74, 6) is 1.96. The van der Waals surface area contributed by atoms with Gasteiger partial charge in [0.2, 0.25) is 0 Å². The third-order valence-electron chi connectivity index (χ3n) is 10.3. The number of aromatic nitrogens is 1. The predicted octanol–water partition coefficient (Wildman–Crippen LogP) is 13.3. The lowest BCUT2D eigenvalue weighted by molar-refractivity contribution is 0.834. The van der Waals surface area contributed by atoms with Gasteiger partial charge >= 0.3 is 0 Å². The van der Waals surface area contributed by atoms with E-state index in [1.807, 2.05) is 0 Å². The Kier molecular flexibility index (Phi) is 6.30. The molecular formula is C44H43N. The van der Waals surface area contributed by atoms with E-state index in [0.29, 0.717) is 23.7 Å². The van der Waals surface area contributed by atoms with Gasteiger partial charge in [0, 0.05) is 21.5 Å². The lowest BCUT2D eigenvalue weighted by Gasteiger charge is -2.15. The van der Waals surface area contributed by atoms with Crippen LogP contribution in [0.3, 0.4) is 0 Å². The molecule has 0 saturated carbocycles. The summed E-state index contributed by atoms with van der Waals surface area (Å²) in [5, 5.41) is 10.6. The zero-order chi connectivity index (χ0) is 31.3. The van der Waals surface area contributed by atoms with Crippen LogP contribution < -0.4 is 0 Å². The Balaban J connectivity index is 1.53. The molecule has 0 spiro atoms. The molecule has 0 unspecified atom stereocenters. The Hall–Kier alpha value is -4.36. The summed E-state index contributed by atoms with van der Waals surface area (Å²) < 4.78 is 2.55. The fourth-order valence-corrected chi connectivity index (χ4v) is 7.46. The van der Waals surface area contributed by atoms with Crippen LogP contribution in [0.2, 0.25) is 0 Å². The van der Waals surface area contributed by atoms with Crippen LogP contribution in [-0.2, 0) is 0 Å². The molecule has 0 fully saturated rings. The van der Waals surface area contributed by atoms with Gasteiger partial charge in [0.05, 0.1) is 16.6 Å². The highest BCUT2D eigenvalue weighted by atomic mass is 14.9. The average molecular weight is 586 g/mol. The standard InChI is InChI=1S/C44H43N/c1-24(2)28-9-11-30-22-42-38(18-35(30)13-28)40-20-37(34-16-32(26(5)6)15-33(17-34)27(7)8)21-41-39-19-36-14-29(25(3)4)10-12-31(36)23-43(39)45(42)44(40)41/h9-27H,1-8H3. The Morgan fingerprint density at radius 2 is 0.778 bits per heavy atom. The first kappa shape index (κ1) is 28.1. The van der Waals surface area contributed by atoms with E-state index in [2.05, 4.69) is 151 Å². The van der Waals surface area contributed by atoms with Crippen LogP contribution in [0.4, 0.5) is 0 Å². The topological polar surface area (TPSA) is 4.41 Å². The van der Waals surface area contributed by atoms with Gasteiger partial charge in [0.15, 0.2) is 0 Å². The zero-order valence-electron chi connectivity index (χ0n) is 27.9. The molecule has 0 aliphatic rings. The molecule has 2 heterocycles. The number of benzene rings is 6. The molecule has 0 radical (unpaired) electrons. The summed E-state index contributed by atoms with van der Waals surface area (Å²) in [7, 11) is 0. The molecule has 224 valence electrons. The predicted molar refractivity (Wildman–Crippen MR) is 198 cm³/mol. The molecular weight excluding hydrogens is 542 g/mol. The van der Waals surface area contributed by atoms with E-state index in [1.165, 1.54) is 93.0 Å². The highest BCUT2D eigenvalue weighted by molar-refractivity contribution is 6.27. The van der Waals surface area contributed by atoms with Crippen molar-refractivity contribution in [2.24, 2.45) is 0 Å². The maximum absolute atomic E-state index is 2.55. The Labute approximate surface area is 266 Å². The molecule has 0 bridgehead atoms. The van der Waals surface area contributed by atoms with E-state index in [4.69, 9.17) is 0 Å². The second-order valence-electron chi connectivity index (χ2n) is 14.7. The summed E-state index contributed by atoms with van der Waals surface area (Å²) >= 11 is 0. The van der Waals surface area contributed by atoms with Crippen molar-refractivity contribution < 1.29 is 0 Å². The highest BCUT2D eigenvalue weighted by Crippen LogP contribution is 2.44. The fraction of sp³-hybridized carbons (Fsp3) is 0.273. The Morgan fingerprint density at radius 3 is 1.20 bits per heavy atom. The zero-order valence-corrected chi connectivity index (χ0v) is 27.9. The number of fused-ring (bicyclic) bond motifs is 8. The molecule has 1 heteroatoms. The minimum atomic E-state index is 0.479. The average Bonchev–Trinajstić information content (AvgIpc) is 3.51. The van der Waals surface area contributed by atoms with Crippen molar-refractivity contribution in [1.29, 1.82) is 0 Å². The number of rotatable bonds is 5. The molecule has 0 N–H and O–H groups in total. The first-order valence-electron chi connectivity index (χ1n) is 16.9. The number of hydrogen-bond acceptors (Lipinski definition) is 0. The van der Waals surface area contributed by atoms with Gasteiger partial charge in [-0.15, -0.1) is 0 Å². The third kappa shape index (κ3) is 4.35. The van der Waals surface area contributed by atoms with Crippen molar-refractivity contribution in [3.05, 3.63) is 113 Å². The van der Waals surface area contributed by atoms with Crippen molar-refractivity contribution in [3.8, 4) is 11.1 Å². The van der Waals surface area contributed by atoms with Crippen LogP contribution in [-0.4, -0.2) is 4.40 Å².